The molecule has 7 heteroatoms. The van der Waals surface area contributed by atoms with E-state index in [1.807, 2.05) is 30.0 Å². The van der Waals surface area contributed by atoms with Crippen LogP contribution in [0.3, 0.4) is 0 Å². The molecule has 6 nitrogen and oxygen atoms in total. The third-order valence-corrected chi connectivity index (χ3v) is 5.66. The van der Waals surface area contributed by atoms with Crippen LogP contribution in [0.5, 0.6) is 5.75 Å². The number of rotatable bonds is 2. The third-order valence-electron chi connectivity index (χ3n) is 5.28. The highest BCUT2D eigenvalue weighted by Crippen LogP contribution is 2.42. The number of anilines is 1. The maximum absolute atomic E-state index is 13.0. The Kier molecular flexibility index (Phi) is 4.53. The average molecular weight is 386 g/mol. The summed E-state index contributed by atoms with van der Waals surface area (Å²) in [6.07, 6.45) is 1.48. The van der Waals surface area contributed by atoms with Crippen molar-refractivity contribution in [2.45, 2.75) is 13.0 Å². The van der Waals surface area contributed by atoms with Crippen LogP contribution >= 0.6 is 11.6 Å². The van der Waals surface area contributed by atoms with Crippen molar-refractivity contribution in [3.63, 3.8) is 0 Å². The molecule has 0 aromatic heterocycles. The molecular formula is C20H22ClN4O2+. The van der Waals surface area contributed by atoms with Gasteiger partial charge >= 0.3 is 0 Å². The second kappa shape index (κ2) is 6.87. The van der Waals surface area contributed by atoms with Crippen LogP contribution in [0.4, 0.5) is 5.69 Å². The van der Waals surface area contributed by atoms with Gasteiger partial charge in [0.05, 0.1) is 22.2 Å². The molecular weight excluding hydrogens is 364 g/mol. The monoisotopic (exact) mass is 385 g/mol. The van der Waals surface area contributed by atoms with Crippen molar-refractivity contribution < 1.29 is 14.9 Å². The number of nitrogens with one attached hydrogen (secondary N) is 1. The van der Waals surface area contributed by atoms with Crippen LogP contribution in [0, 0.1) is 6.92 Å². The maximum atomic E-state index is 13.0. The number of nitrogens with zero attached hydrogens (tertiary/aromatic N) is 1. The van der Waals surface area contributed by atoms with E-state index in [-0.39, 0.29) is 11.9 Å². The van der Waals surface area contributed by atoms with Gasteiger partial charge in [0, 0.05) is 36.4 Å². The highest BCUT2D eigenvalue weighted by Gasteiger charge is 2.34. The fourth-order valence-corrected chi connectivity index (χ4v) is 4.17. The van der Waals surface area contributed by atoms with Gasteiger partial charge < -0.3 is 20.7 Å². The fourth-order valence-electron chi connectivity index (χ4n) is 3.85. The SMILES string of the molecule is Cc1ccc(N)c(C=[NH2+])c1-c1ccc2c(c1Cl)OC[C@@H]1CNCCN1C2=O. The van der Waals surface area contributed by atoms with Crippen LogP contribution in [-0.2, 0) is 0 Å². The Morgan fingerprint density at radius 2 is 2.11 bits per heavy atom. The lowest BCUT2D eigenvalue weighted by atomic mass is 9.93. The Labute approximate surface area is 162 Å². The first-order chi connectivity index (χ1) is 13.0. The largest absolute Gasteiger partial charge is 0.489 e. The summed E-state index contributed by atoms with van der Waals surface area (Å²) in [5.41, 5.74) is 10.5. The summed E-state index contributed by atoms with van der Waals surface area (Å²) in [5.74, 6) is 0.385. The minimum atomic E-state index is -0.0441. The van der Waals surface area contributed by atoms with Crippen LogP contribution in [0.2, 0.25) is 5.02 Å². The highest BCUT2D eigenvalue weighted by atomic mass is 35.5. The number of nitrogens with two attached hydrogens (primary N) is 2. The Morgan fingerprint density at radius 3 is 2.89 bits per heavy atom. The number of fused-ring (bicyclic) bond motifs is 2. The molecule has 2 heterocycles. The first kappa shape index (κ1) is 17.8. The van der Waals surface area contributed by atoms with E-state index in [2.05, 4.69) is 5.32 Å². The van der Waals surface area contributed by atoms with Gasteiger partial charge in [0.15, 0.2) is 12.0 Å². The van der Waals surface area contributed by atoms with Crippen LogP contribution in [0.25, 0.3) is 11.1 Å². The Hall–Kier alpha value is -2.57. The van der Waals surface area contributed by atoms with Crippen LogP contribution in [0.15, 0.2) is 24.3 Å². The van der Waals surface area contributed by atoms with Gasteiger partial charge in [-0.2, -0.15) is 0 Å². The number of ether oxygens (including phenoxy) is 1. The quantitative estimate of drug-likeness (QED) is 0.528. The normalized spacial score (nSPS) is 19.0. The van der Waals surface area contributed by atoms with Crippen molar-refractivity contribution in [1.29, 1.82) is 0 Å². The molecule has 1 fully saturated rings. The first-order valence-electron chi connectivity index (χ1n) is 8.94. The molecule has 1 atom stereocenters. The van der Waals surface area contributed by atoms with Gasteiger partial charge in [0.1, 0.15) is 6.61 Å². The highest BCUT2D eigenvalue weighted by molar-refractivity contribution is 6.35. The molecule has 5 N–H and O–H groups in total. The van der Waals surface area contributed by atoms with Crippen molar-refractivity contribution in [1.82, 2.24) is 10.2 Å². The van der Waals surface area contributed by atoms with Gasteiger partial charge in [-0.1, -0.05) is 23.7 Å². The molecule has 0 spiro atoms. The molecule has 0 radical (unpaired) electrons. The molecule has 4 rings (SSSR count). The minimum Gasteiger partial charge on any atom is -0.489 e. The molecule has 1 amide bonds. The first-order valence-corrected chi connectivity index (χ1v) is 9.32. The fraction of sp³-hybridized carbons (Fsp3) is 0.300. The van der Waals surface area contributed by atoms with Gasteiger partial charge in [-0.15, -0.1) is 0 Å². The number of hydrogen-bond donors (Lipinski definition) is 3. The number of nitrogen functional groups attached to an aromatic ring is 1. The van der Waals surface area contributed by atoms with E-state index in [0.29, 0.717) is 41.7 Å². The summed E-state index contributed by atoms with van der Waals surface area (Å²) >= 11 is 6.74. The standard InChI is InChI=1S/C20H21ClN4O2/c1-11-2-5-16(23)15(8-22)17(11)13-3-4-14-19(18(13)21)27-10-12-9-24-6-7-25(12)20(14)26/h2-5,8,12,22,24H,6-7,9-10,23H2,1H3/p+1/t12-/m0/s1. The molecule has 27 heavy (non-hydrogen) atoms. The topological polar surface area (TPSA) is 93.2 Å². The molecule has 0 saturated carbocycles. The van der Waals surface area contributed by atoms with Gasteiger partial charge in [0.2, 0.25) is 0 Å². The number of hydrogen-bond acceptors (Lipinski definition) is 4. The second-order valence-electron chi connectivity index (χ2n) is 6.90. The molecule has 2 aliphatic rings. The Balaban J connectivity index is 1.87. The zero-order valence-corrected chi connectivity index (χ0v) is 15.8. The predicted molar refractivity (Wildman–Crippen MR) is 106 cm³/mol. The zero-order chi connectivity index (χ0) is 19.1. The predicted octanol–water partition coefficient (Wildman–Crippen LogP) is 0.882. The lowest BCUT2D eigenvalue weighted by Crippen LogP contribution is -2.54. The summed E-state index contributed by atoms with van der Waals surface area (Å²) in [6, 6.07) is 7.38. The minimum absolute atomic E-state index is 0.000193. The van der Waals surface area contributed by atoms with Crippen LogP contribution < -0.4 is 21.2 Å². The molecule has 0 aliphatic carbocycles. The molecule has 2 aromatic rings. The van der Waals surface area contributed by atoms with Crippen LogP contribution in [0.1, 0.15) is 21.5 Å². The van der Waals surface area contributed by atoms with Crippen molar-refractivity contribution in [3.05, 3.63) is 46.0 Å². The molecule has 2 aromatic carbocycles. The summed E-state index contributed by atoms with van der Waals surface area (Å²) in [6.45, 7) is 4.53. The van der Waals surface area contributed by atoms with Crippen molar-refractivity contribution in [3.8, 4) is 16.9 Å². The lowest BCUT2D eigenvalue weighted by Gasteiger charge is -2.33. The van der Waals surface area contributed by atoms with E-state index in [9.17, 15) is 4.79 Å². The van der Waals surface area contributed by atoms with Gasteiger partial charge in [-0.3, -0.25) is 10.2 Å². The number of carbonyl (C=O) groups is 1. The number of piperazine rings is 1. The molecule has 0 unspecified atom stereocenters. The van der Waals surface area contributed by atoms with E-state index >= 15 is 0 Å². The number of carbonyl (C=O) groups excluding carboxylic acids is 1. The van der Waals surface area contributed by atoms with Crippen molar-refractivity contribution in [2.24, 2.45) is 0 Å². The number of benzene rings is 2. The average Bonchev–Trinajstić information content (AvgIpc) is 2.82. The maximum Gasteiger partial charge on any atom is 0.258 e. The zero-order valence-electron chi connectivity index (χ0n) is 15.1. The van der Waals surface area contributed by atoms with Gasteiger partial charge in [-0.05, 0) is 24.6 Å². The number of halogens is 1. The summed E-state index contributed by atoms with van der Waals surface area (Å²) in [4.78, 5) is 14.9. The van der Waals surface area contributed by atoms with Crippen molar-refractivity contribution in [2.75, 3.05) is 32.0 Å². The third kappa shape index (κ3) is 2.85. The van der Waals surface area contributed by atoms with E-state index in [0.717, 1.165) is 28.8 Å². The number of aryl methyl sites for hydroxylation is 1. The van der Waals surface area contributed by atoms with E-state index in [1.165, 1.54) is 6.21 Å². The summed E-state index contributed by atoms with van der Waals surface area (Å²) in [7, 11) is 0. The van der Waals surface area contributed by atoms with E-state index < -0.39 is 0 Å². The van der Waals surface area contributed by atoms with E-state index in [1.54, 1.807) is 6.07 Å². The van der Waals surface area contributed by atoms with E-state index in [4.69, 9.17) is 27.5 Å². The number of amides is 1. The summed E-state index contributed by atoms with van der Waals surface area (Å²) in [5, 5.41) is 9.53. The Morgan fingerprint density at radius 1 is 1.33 bits per heavy atom. The summed E-state index contributed by atoms with van der Waals surface area (Å²) < 4.78 is 6.02. The Bertz CT molecular complexity index is 944. The second-order valence-corrected chi connectivity index (χ2v) is 7.28. The smallest absolute Gasteiger partial charge is 0.258 e. The van der Waals surface area contributed by atoms with Gasteiger partial charge in [-0.25, -0.2) is 0 Å². The van der Waals surface area contributed by atoms with Gasteiger partial charge in [0.25, 0.3) is 5.91 Å². The molecule has 2 aliphatic heterocycles. The van der Waals surface area contributed by atoms with Crippen LogP contribution in [-0.4, -0.2) is 49.3 Å². The molecule has 0 bridgehead atoms. The van der Waals surface area contributed by atoms with Crippen molar-refractivity contribution >= 4 is 29.4 Å². The molecule has 140 valence electrons. The lowest BCUT2D eigenvalue weighted by molar-refractivity contribution is -0.104. The molecule has 1 saturated heterocycles.